The highest BCUT2D eigenvalue weighted by Crippen LogP contribution is 1.89. The Kier molecular flexibility index (Phi) is 5.96. The molecular formula is C9H10N2O4. The van der Waals surface area contributed by atoms with Crippen LogP contribution >= 0.6 is 0 Å². The number of anilines is 1. The number of pyridine rings is 1. The molecule has 0 aliphatic heterocycles. The fourth-order valence-corrected chi connectivity index (χ4v) is 0.519. The molecule has 0 aliphatic rings. The smallest absolute Gasteiger partial charge is 0.328 e. The third kappa shape index (κ3) is 9.54. The van der Waals surface area contributed by atoms with Gasteiger partial charge in [0.05, 0.1) is 0 Å². The molecule has 6 nitrogen and oxygen atoms in total. The van der Waals surface area contributed by atoms with Crippen LogP contribution < -0.4 is 5.73 Å². The van der Waals surface area contributed by atoms with Crippen molar-refractivity contribution < 1.29 is 19.8 Å². The Labute approximate surface area is 85.7 Å². The standard InChI is InChI=1S/C5H6N2.C4H4O4/c6-5-3-1-2-4-7-5;5-3(6)1-2-4(7)8/h1-4H,(H2,6,7);1-2H,(H,5,6)(H,7,8). The summed E-state index contributed by atoms with van der Waals surface area (Å²) in [6, 6.07) is 5.43. The van der Waals surface area contributed by atoms with Crippen LogP contribution in [0.3, 0.4) is 0 Å². The van der Waals surface area contributed by atoms with Crippen molar-refractivity contribution in [2.75, 3.05) is 5.73 Å². The van der Waals surface area contributed by atoms with Gasteiger partial charge in [-0.1, -0.05) is 6.07 Å². The van der Waals surface area contributed by atoms with E-state index in [1.54, 1.807) is 12.3 Å². The molecule has 4 N–H and O–H groups in total. The van der Waals surface area contributed by atoms with Crippen LogP contribution in [0.15, 0.2) is 36.5 Å². The highest BCUT2D eigenvalue weighted by atomic mass is 16.4. The minimum absolute atomic E-state index is 0.558. The third-order valence-electron chi connectivity index (χ3n) is 1.06. The van der Waals surface area contributed by atoms with E-state index in [1.807, 2.05) is 12.1 Å². The molecule has 0 unspecified atom stereocenters. The predicted molar refractivity (Wildman–Crippen MR) is 53.1 cm³/mol. The average Bonchev–Trinajstić information content (AvgIpc) is 2.17. The van der Waals surface area contributed by atoms with Crippen molar-refractivity contribution >= 4 is 17.8 Å². The average molecular weight is 210 g/mol. The van der Waals surface area contributed by atoms with Crippen molar-refractivity contribution in [3.8, 4) is 0 Å². The third-order valence-corrected chi connectivity index (χ3v) is 1.06. The van der Waals surface area contributed by atoms with E-state index in [9.17, 15) is 9.59 Å². The van der Waals surface area contributed by atoms with Gasteiger partial charge in [0.15, 0.2) is 0 Å². The molecule has 0 aromatic carbocycles. The second kappa shape index (κ2) is 7.07. The van der Waals surface area contributed by atoms with E-state index in [2.05, 4.69) is 4.98 Å². The van der Waals surface area contributed by atoms with Gasteiger partial charge in [0.1, 0.15) is 5.82 Å². The highest BCUT2D eigenvalue weighted by molar-refractivity contribution is 5.89. The van der Waals surface area contributed by atoms with Crippen LogP contribution in [-0.4, -0.2) is 27.1 Å². The quantitative estimate of drug-likeness (QED) is 0.608. The summed E-state index contributed by atoms with van der Waals surface area (Å²) in [4.78, 5) is 22.9. The lowest BCUT2D eigenvalue weighted by molar-refractivity contribution is -0.134. The number of hydrogen-bond donors (Lipinski definition) is 3. The first kappa shape index (κ1) is 12.6. The Balaban J connectivity index is 0.000000262. The minimum Gasteiger partial charge on any atom is -0.478 e. The maximum Gasteiger partial charge on any atom is 0.328 e. The van der Waals surface area contributed by atoms with Gasteiger partial charge >= 0.3 is 11.9 Å². The molecule has 0 bridgehead atoms. The summed E-state index contributed by atoms with van der Waals surface area (Å²) < 4.78 is 0. The molecule has 0 spiro atoms. The van der Waals surface area contributed by atoms with E-state index in [1.165, 1.54) is 0 Å². The lowest BCUT2D eigenvalue weighted by atomic mass is 10.5. The fraction of sp³-hybridized carbons (Fsp3) is 0. The first-order valence-corrected chi connectivity index (χ1v) is 3.83. The summed E-state index contributed by atoms with van der Waals surface area (Å²) in [6.07, 6.45) is 2.78. The molecule has 0 aliphatic carbocycles. The van der Waals surface area contributed by atoms with Crippen molar-refractivity contribution in [2.45, 2.75) is 0 Å². The van der Waals surface area contributed by atoms with Gasteiger partial charge in [-0.3, -0.25) is 0 Å². The van der Waals surface area contributed by atoms with Crippen LogP contribution in [0.2, 0.25) is 0 Å². The van der Waals surface area contributed by atoms with E-state index < -0.39 is 11.9 Å². The van der Waals surface area contributed by atoms with Crippen molar-refractivity contribution in [1.82, 2.24) is 4.98 Å². The van der Waals surface area contributed by atoms with E-state index in [4.69, 9.17) is 15.9 Å². The van der Waals surface area contributed by atoms with Crippen LogP contribution in [-0.2, 0) is 9.59 Å². The summed E-state index contributed by atoms with van der Waals surface area (Å²) >= 11 is 0. The Morgan fingerprint density at radius 2 is 1.73 bits per heavy atom. The van der Waals surface area contributed by atoms with E-state index in [0.717, 1.165) is 0 Å². The number of aromatic nitrogens is 1. The number of nitrogens with zero attached hydrogens (tertiary/aromatic N) is 1. The zero-order chi connectivity index (χ0) is 11.7. The monoisotopic (exact) mass is 210 g/mol. The first-order valence-electron chi connectivity index (χ1n) is 3.83. The molecule has 1 aromatic heterocycles. The van der Waals surface area contributed by atoms with Crippen LogP contribution in [0.25, 0.3) is 0 Å². The molecule has 1 aromatic rings. The zero-order valence-corrected chi connectivity index (χ0v) is 7.70. The van der Waals surface area contributed by atoms with Gasteiger partial charge in [0, 0.05) is 18.3 Å². The minimum atomic E-state index is -1.26. The largest absolute Gasteiger partial charge is 0.478 e. The Morgan fingerprint density at radius 1 is 1.20 bits per heavy atom. The SMILES string of the molecule is Nc1ccccn1.O=C(O)C=CC(=O)O. The van der Waals surface area contributed by atoms with Crippen molar-refractivity contribution in [1.29, 1.82) is 0 Å². The molecule has 0 amide bonds. The number of rotatable bonds is 2. The second-order valence-electron chi connectivity index (χ2n) is 2.26. The Hall–Kier alpha value is -2.37. The van der Waals surface area contributed by atoms with E-state index in [0.29, 0.717) is 18.0 Å². The van der Waals surface area contributed by atoms with Gasteiger partial charge in [0.2, 0.25) is 0 Å². The van der Waals surface area contributed by atoms with Gasteiger partial charge in [-0.15, -0.1) is 0 Å². The van der Waals surface area contributed by atoms with Crippen molar-refractivity contribution in [3.05, 3.63) is 36.5 Å². The highest BCUT2D eigenvalue weighted by Gasteiger charge is 1.88. The Bertz CT molecular complexity index is 332. The van der Waals surface area contributed by atoms with E-state index >= 15 is 0 Å². The summed E-state index contributed by atoms with van der Waals surface area (Å²) in [7, 11) is 0. The number of hydrogen-bond acceptors (Lipinski definition) is 4. The molecule has 1 heterocycles. The first-order chi connectivity index (χ1) is 7.02. The summed E-state index contributed by atoms with van der Waals surface area (Å²) in [5.41, 5.74) is 5.25. The fourth-order valence-electron chi connectivity index (χ4n) is 0.519. The van der Waals surface area contributed by atoms with Gasteiger partial charge in [-0.2, -0.15) is 0 Å². The van der Waals surface area contributed by atoms with Crippen LogP contribution in [0.5, 0.6) is 0 Å². The summed E-state index contributed by atoms with van der Waals surface area (Å²) in [5.74, 6) is -1.94. The number of nitrogens with two attached hydrogens (primary N) is 1. The van der Waals surface area contributed by atoms with Gasteiger partial charge in [-0.25, -0.2) is 14.6 Å². The number of carbonyl (C=O) groups is 2. The zero-order valence-electron chi connectivity index (χ0n) is 7.70. The molecule has 0 saturated carbocycles. The van der Waals surface area contributed by atoms with Crippen LogP contribution in [0.4, 0.5) is 5.82 Å². The number of nitrogen functional groups attached to an aromatic ring is 1. The predicted octanol–water partition coefficient (Wildman–Crippen LogP) is 0.376. The lowest BCUT2D eigenvalue weighted by Gasteiger charge is -1.82. The van der Waals surface area contributed by atoms with Gasteiger partial charge in [0.25, 0.3) is 0 Å². The molecule has 0 saturated heterocycles. The van der Waals surface area contributed by atoms with Crippen LogP contribution in [0.1, 0.15) is 0 Å². The molecule has 1 rings (SSSR count). The second-order valence-corrected chi connectivity index (χ2v) is 2.26. The number of aliphatic carboxylic acids is 2. The lowest BCUT2D eigenvalue weighted by Crippen LogP contribution is -1.91. The topological polar surface area (TPSA) is 114 Å². The molecule has 15 heavy (non-hydrogen) atoms. The van der Waals surface area contributed by atoms with Gasteiger partial charge < -0.3 is 15.9 Å². The summed E-state index contributed by atoms with van der Waals surface area (Å²) in [6.45, 7) is 0. The molecule has 0 radical (unpaired) electrons. The normalized spacial score (nSPS) is 9.07. The molecular weight excluding hydrogens is 200 g/mol. The number of carboxylic acids is 2. The Morgan fingerprint density at radius 3 is 1.93 bits per heavy atom. The molecule has 80 valence electrons. The molecule has 0 atom stereocenters. The van der Waals surface area contributed by atoms with Gasteiger partial charge in [-0.05, 0) is 12.1 Å². The number of carboxylic acid groups (broad SMARTS) is 2. The molecule has 0 fully saturated rings. The maximum absolute atomic E-state index is 9.55. The maximum atomic E-state index is 9.55. The van der Waals surface area contributed by atoms with Crippen molar-refractivity contribution in [2.24, 2.45) is 0 Å². The summed E-state index contributed by atoms with van der Waals surface area (Å²) in [5, 5.41) is 15.6. The van der Waals surface area contributed by atoms with Crippen molar-refractivity contribution in [3.63, 3.8) is 0 Å². The van der Waals surface area contributed by atoms with Crippen LogP contribution in [0, 0.1) is 0 Å². The molecule has 6 heteroatoms. The van der Waals surface area contributed by atoms with E-state index in [-0.39, 0.29) is 0 Å².